The summed E-state index contributed by atoms with van der Waals surface area (Å²) >= 11 is 0. The third-order valence-electron chi connectivity index (χ3n) is 8.23. The van der Waals surface area contributed by atoms with Crippen LogP contribution in [-0.2, 0) is 32.3 Å². The van der Waals surface area contributed by atoms with Gasteiger partial charge in [0.25, 0.3) is 11.8 Å². The van der Waals surface area contributed by atoms with Crippen LogP contribution in [0.15, 0.2) is 47.2 Å². The second-order valence-electron chi connectivity index (χ2n) is 11.0. The second kappa shape index (κ2) is 10.6. The Hall–Kier alpha value is -3.26. The summed E-state index contributed by atoms with van der Waals surface area (Å²) in [7, 11) is 0. The van der Waals surface area contributed by atoms with Gasteiger partial charge >= 0.3 is 0 Å². The average Bonchev–Trinajstić information content (AvgIpc) is 3.14. The third kappa shape index (κ3) is 5.25. The van der Waals surface area contributed by atoms with Crippen LogP contribution in [0.3, 0.4) is 0 Å². The van der Waals surface area contributed by atoms with Crippen LogP contribution in [0.25, 0.3) is 0 Å². The number of allylic oxidation sites excluding steroid dienone is 1. The molecule has 1 atom stereocenters. The highest BCUT2D eigenvalue weighted by Gasteiger charge is 2.47. The van der Waals surface area contributed by atoms with E-state index in [4.69, 9.17) is 0 Å². The summed E-state index contributed by atoms with van der Waals surface area (Å²) in [6.07, 6.45) is 5.90. The zero-order chi connectivity index (χ0) is 26.1. The Bertz CT molecular complexity index is 1160. The molecule has 1 aliphatic carbocycles. The Morgan fingerprint density at radius 1 is 0.946 bits per heavy atom. The number of carbonyl (C=O) groups is 4. The van der Waals surface area contributed by atoms with Gasteiger partial charge in [-0.3, -0.25) is 34.3 Å². The molecule has 0 radical (unpaired) electrons. The van der Waals surface area contributed by atoms with Gasteiger partial charge in [-0.25, -0.2) is 0 Å². The van der Waals surface area contributed by atoms with E-state index in [1.165, 1.54) is 18.4 Å². The minimum atomic E-state index is -0.937. The minimum absolute atomic E-state index is 0.116. The fourth-order valence-electron chi connectivity index (χ4n) is 5.93. The van der Waals surface area contributed by atoms with E-state index in [-0.39, 0.29) is 18.7 Å². The van der Waals surface area contributed by atoms with Crippen molar-refractivity contribution in [3.63, 3.8) is 0 Å². The van der Waals surface area contributed by atoms with Crippen LogP contribution in [0.5, 0.6) is 0 Å². The quantitative estimate of drug-likeness (QED) is 0.554. The van der Waals surface area contributed by atoms with Crippen LogP contribution in [0.4, 0.5) is 0 Å². The van der Waals surface area contributed by atoms with E-state index in [1.807, 2.05) is 6.08 Å². The van der Waals surface area contributed by atoms with Crippen molar-refractivity contribution in [2.75, 3.05) is 13.1 Å². The maximum absolute atomic E-state index is 13.3. The predicted octanol–water partition coefficient (Wildman–Crippen LogP) is 2.79. The molecule has 3 heterocycles. The molecule has 8 nitrogen and oxygen atoms in total. The topological polar surface area (TPSA) is 98.8 Å². The fraction of sp³-hybridized carbons (Fsp3) is 0.517. The van der Waals surface area contributed by atoms with E-state index in [0.717, 1.165) is 41.9 Å². The van der Waals surface area contributed by atoms with Gasteiger partial charge in [-0.1, -0.05) is 44.2 Å². The highest BCUT2D eigenvalue weighted by Crippen LogP contribution is 2.35. The van der Waals surface area contributed by atoms with Crippen LogP contribution in [0.2, 0.25) is 0 Å². The van der Waals surface area contributed by atoms with Gasteiger partial charge in [-0.15, -0.1) is 0 Å². The maximum atomic E-state index is 13.3. The molecule has 0 spiro atoms. The lowest BCUT2D eigenvalue weighted by molar-refractivity contribution is -0.150. The van der Waals surface area contributed by atoms with Gasteiger partial charge in [0.15, 0.2) is 0 Å². The summed E-state index contributed by atoms with van der Waals surface area (Å²) in [5, 5.41) is 5.60. The Balaban J connectivity index is 1.19. The zero-order valence-corrected chi connectivity index (χ0v) is 21.7. The van der Waals surface area contributed by atoms with Crippen LogP contribution >= 0.6 is 0 Å². The monoisotopic (exact) mass is 504 g/mol. The molecule has 8 heteroatoms. The number of likely N-dealkylation sites (tertiary alicyclic amines) is 1. The Morgan fingerprint density at radius 3 is 2.32 bits per heavy atom. The lowest BCUT2D eigenvalue weighted by atomic mass is 9.86. The first-order chi connectivity index (χ1) is 17.8. The summed E-state index contributed by atoms with van der Waals surface area (Å²) < 4.78 is 0. The molecule has 5 rings (SSSR count). The molecule has 2 N–H and O–H groups in total. The van der Waals surface area contributed by atoms with Crippen LogP contribution < -0.4 is 10.6 Å². The summed E-state index contributed by atoms with van der Waals surface area (Å²) in [4.78, 5) is 53.8. The number of benzene rings is 1. The first-order valence-electron chi connectivity index (χ1n) is 13.5. The molecule has 2 saturated heterocycles. The molecule has 4 aliphatic rings. The molecular formula is C29H36N4O4. The van der Waals surface area contributed by atoms with Crippen molar-refractivity contribution < 1.29 is 19.2 Å². The number of imide groups is 2. The average molecular weight is 505 g/mol. The largest absolute Gasteiger partial charge is 0.381 e. The number of piperidine rings is 2. The van der Waals surface area contributed by atoms with Crippen LogP contribution in [0.1, 0.15) is 63.5 Å². The minimum Gasteiger partial charge on any atom is -0.381 e. The van der Waals surface area contributed by atoms with E-state index in [0.29, 0.717) is 36.2 Å². The molecule has 0 aromatic heterocycles. The fourth-order valence-corrected chi connectivity index (χ4v) is 5.93. The van der Waals surface area contributed by atoms with Crippen molar-refractivity contribution in [1.82, 2.24) is 20.4 Å². The normalized spacial score (nSPS) is 23.5. The van der Waals surface area contributed by atoms with Crippen molar-refractivity contribution in [1.29, 1.82) is 0 Å². The summed E-state index contributed by atoms with van der Waals surface area (Å²) in [5.74, 6) is -0.221. The van der Waals surface area contributed by atoms with Gasteiger partial charge in [0, 0.05) is 30.8 Å². The van der Waals surface area contributed by atoms with Crippen molar-refractivity contribution >= 4 is 23.6 Å². The Morgan fingerprint density at radius 2 is 1.65 bits per heavy atom. The van der Waals surface area contributed by atoms with E-state index in [9.17, 15) is 19.2 Å². The number of rotatable bonds is 7. The second-order valence-corrected chi connectivity index (χ2v) is 11.0. The molecule has 37 heavy (non-hydrogen) atoms. The van der Waals surface area contributed by atoms with E-state index < -0.39 is 23.8 Å². The first kappa shape index (κ1) is 25.4. The van der Waals surface area contributed by atoms with E-state index >= 15 is 0 Å². The lowest BCUT2D eigenvalue weighted by Gasteiger charge is -2.33. The molecule has 196 valence electrons. The van der Waals surface area contributed by atoms with Gasteiger partial charge in [0.2, 0.25) is 11.8 Å². The molecule has 3 aliphatic heterocycles. The van der Waals surface area contributed by atoms with Crippen molar-refractivity contribution in [2.24, 2.45) is 11.8 Å². The van der Waals surface area contributed by atoms with Gasteiger partial charge in [0.1, 0.15) is 6.04 Å². The molecule has 2 fully saturated rings. The SMILES string of the molecule is CC(C)C1CCN(Cc2ccc(CNC3=CCCC4=C3C(=O)N(C3CCC(=O)NC3=O)C4=O)cc2)CC1. The predicted molar refractivity (Wildman–Crippen MR) is 138 cm³/mol. The van der Waals surface area contributed by atoms with Gasteiger partial charge < -0.3 is 5.32 Å². The van der Waals surface area contributed by atoms with Crippen molar-refractivity contribution in [3.05, 3.63) is 58.3 Å². The molecule has 4 amide bonds. The number of amides is 4. The highest BCUT2D eigenvalue weighted by atomic mass is 16.2. The molecule has 0 bridgehead atoms. The van der Waals surface area contributed by atoms with Crippen LogP contribution in [0, 0.1) is 11.8 Å². The summed E-state index contributed by atoms with van der Waals surface area (Å²) in [5.41, 5.74) is 3.85. The maximum Gasteiger partial charge on any atom is 0.264 e. The Labute approximate surface area is 218 Å². The van der Waals surface area contributed by atoms with Crippen LogP contribution in [-0.4, -0.2) is 52.6 Å². The smallest absolute Gasteiger partial charge is 0.264 e. The number of hydrogen-bond acceptors (Lipinski definition) is 6. The van der Waals surface area contributed by atoms with E-state index in [1.54, 1.807) is 0 Å². The van der Waals surface area contributed by atoms with Gasteiger partial charge in [0.05, 0.1) is 5.57 Å². The van der Waals surface area contributed by atoms with Gasteiger partial charge in [-0.2, -0.15) is 0 Å². The highest BCUT2D eigenvalue weighted by molar-refractivity contribution is 6.23. The number of carbonyl (C=O) groups excluding carboxylic acids is 4. The molecule has 0 saturated carbocycles. The number of nitrogens with zero attached hydrogens (tertiary/aromatic N) is 2. The zero-order valence-electron chi connectivity index (χ0n) is 21.7. The standard InChI is InChI=1S/C29H36N4O4/c1-18(2)21-12-14-32(15-13-21)17-20-8-6-19(7-9-20)16-30-23-5-3-4-22-26(23)29(37)33(28(22)36)24-10-11-25(34)31-27(24)35/h5-9,18,21,24,30H,3-4,10-17H2,1-2H3,(H,31,34,35). The van der Waals surface area contributed by atoms with Gasteiger partial charge in [-0.05, 0) is 68.2 Å². The number of hydrogen-bond donors (Lipinski definition) is 2. The molecular weight excluding hydrogens is 468 g/mol. The van der Waals surface area contributed by atoms with Crippen molar-refractivity contribution in [3.8, 4) is 0 Å². The molecule has 1 aromatic carbocycles. The van der Waals surface area contributed by atoms with Crippen molar-refractivity contribution in [2.45, 2.75) is 71.5 Å². The molecule has 1 unspecified atom stereocenters. The first-order valence-corrected chi connectivity index (χ1v) is 13.5. The summed E-state index contributed by atoms with van der Waals surface area (Å²) in [6, 6.07) is 7.62. The van der Waals surface area contributed by atoms with E-state index in [2.05, 4.69) is 53.6 Å². The molecule has 1 aromatic rings. The lowest BCUT2D eigenvalue weighted by Crippen LogP contribution is -2.54. The summed E-state index contributed by atoms with van der Waals surface area (Å²) in [6.45, 7) is 8.45. The Kier molecular flexibility index (Phi) is 7.29. The number of nitrogens with one attached hydrogen (secondary N) is 2. The third-order valence-corrected chi connectivity index (χ3v) is 8.23.